The largest absolute Gasteiger partial charge is 0.506 e. The number of carbonyl (C=O) groups is 1. The van der Waals surface area contributed by atoms with Crippen molar-refractivity contribution in [1.29, 1.82) is 0 Å². The number of nitrogens with zero attached hydrogens (tertiary/aromatic N) is 3. The normalized spacial score (nSPS) is 17.8. The van der Waals surface area contributed by atoms with E-state index in [1.165, 1.54) is 24.3 Å². The van der Waals surface area contributed by atoms with E-state index in [9.17, 15) is 18.7 Å². The molecule has 0 radical (unpaired) electrons. The average Bonchev–Trinajstić information content (AvgIpc) is 3.14. The highest BCUT2D eigenvalue weighted by atomic mass is 35.5. The molecule has 0 spiro atoms. The Morgan fingerprint density at radius 3 is 2.70 bits per heavy atom. The predicted octanol–water partition coefficient (Wildman–Crippen LogP) is 5.68. The van der Waals surface area contributed by atoms with Crippen molar-refractivity contribution in [2.75, 3.05) is 6.61 Å². The third-order valence-electron chi connectivity index (χ3n) is 4.99. The molecule has 1 aliphatic rings. The molecule has 2 atom stereocenters. The molecule has 1 N–H and O–H groups in total. The smallest absolute Gasteiger partial charge is 0.382 e. The SMILES string of the molecule is CCOC(=O)C[C@H]1O[C@H](c2cccc(O)c2Cl)c2cc(Cl)ccc2-n2c1nnc2C(F)(F)Cl. The van der Waals surface area contributed by atoms with E-state index in [0.29, 0.717) is 11.1 Å². The van der Waals surface area contributed by atoms with Crippen LogP contribution in [0.4, 0.5) is 8.78 Å². The molecule has 2 aromatic carbocycles. The van der Waals surface area contributed by atoms with Gasteiger partial charge in [0.05, 0.1) is 23.7 Å². The maximum atomic E-state index is 14.3. The molecule has 0 amide bonds. The van der Waals surface area contributed by atoms with Crippen LogP contribution in [0, 0.1) is 0 Å². The topological polar surface area (TPSA) is 86.5 Å². The molecule has 174 valence electrons. The third kappa shape index (κ3) is 4.50. The zero-order chi connectivity index (χ0) is 23.9. The van der Waals surface area contributed by atoms with Crippen LogP contribution in [0.2, 0.25) is 10.0 Å². The Kier molecular flexibility index (Phi) is 6.50. The van der Waals surface area contributed by atoms with Gasteiger partial charge in [-0.3, -0.25) is 9.36 Å². The quantitative estimate of drug-likeness (QED) is 0.345. The van der Waals surface area contributed by atoms with Crippen molar-refractivity contribution in [2.45, 2.75) is 30.9 Å². The predicted molar refractivity (Wildman–Crippen MR) is 116 cm³/mol. The van der Waals surface area contributed by atoms with Gasteiger partial charge in [-0.15, -0.1) is 10.2 Å². The number of fused-ring (bicyclic) bond motifs is 3. The lowest BCUT2D eigenvalue weighted by Crippen LogP contribution is -2.18. The van der Waals surface area contributed by atoms with Crippen LogP contribution in [0.1, 0.15) is 48.3 Å². The first-order valence-corrected chi connectivity index (χ1v) is 10.9. The fourth-order valence-corrected chi connectivity index (χ4v) is 4.18. The summed E-state index contributed by atoms with van der Waals surface area (Å²) in [6.07, 6.45) is -2.54. The number of esters is 1. The van der Waals surface area contributed by atoms with Gasteiger partial charge in [-0.05, 0) is 42.8 Å². The Labute approximate surface area is 201 Å². The number of benzene rings is 2. The second-order valence-corrected chi connectivity index (χ2v) is 8.40. The van der Waals surface area contributed by atoms with Gasteiger partial charge in [0.15, 0.2) is 5.82 Å². The van der Waals surface area contributed by atoms with Crippen LogP contribution in [-0.2, 0) is 19.6 Å². The van der Waals surface area contributed by atoms with Gasteiger partial charge in [-0.2, -0.15) is 8.78 Å². The molecule has 0 saturated heterocycles. The summed E-state index contributed by atoms with van der Waals surface area (Å²) in [5.74, 6) is -1.79. The Hall–Kier alpha value is -2.46. The number of halogens is 5. The first kappa shape index (κ1) is 23.7. The molecule has 4 rings (SSSR count). The Bertz CT molecular complexity index is 1220. The van der Waals surface area contributed by atoms with Crippen LogP contribution in [0.5, 0.6) is 5.75 Å². The van der Waals surface area contributed by atoms with E-state index in [-0.39, 0.29) is 40.3 Å². The summed E-state index contributed by atoms with van der Waals surface area (Å²) in [7, 11) is 0. The highest BCUT2D eigenvalue weighted by Gasteiger charge is 2.42. The van der Waals surface area contributed by atoms with Crippen LogP contribution < -0.4 is 0 Å². The molecular formula is C21H16Cl3F2N3O4. The minimum Gasteiger partial charge on any atom is -0.506 e. The number of ether oxygens (including phenoxy) is 2. The van der Waals surface area contributed by atoms with Crippen LogP contribution in [0.25, 0.3) is 5.69 Å². The highest BCUT2D eigenvalue weighted by Crippen LogP contribution is 2.46. The zero-order valence-corrected chi connectivity index (χ0v) is 19.2. The molecule has 0 bridgehead atoms. The van der Waals surface area contributed by atoms with E-state index >= 15 is 0 Å². The molecule has 0 aliphatic carbocycles. The van der Waals surface area contributed by atoms with Crippen LogP contribution in [0.15, 0.2) is 36.4 Å². The molecule has 12 heteroatoms. The van der Waals surface area contributed by atoms with Crippen molar-refractivity contribution in [2.24, 2.45) is 0 Å². The van der Waals surface area contributed by atoms with E-state index in [1.807, 2.05) is 0 Å². The zero-order valence-electron chi connectivity index (χ0n) is 16.9. The van der Waals surface area contributed by atoms with Crippen molar-refractivity contribution in [1.82, 2.24) is 14.8 Å². The van der Waals surface area contributed by atoms with Crippen molar-refractivity contribution >= 4 is 40.8 Å². The summed E-state index contributed by atoms with van der Waals surface area (Å²) >= 11 is 17.9. The fourth-order valence-electron chi connectivity index (χ4n) is 3.65. The van der Waals surface area contributed by atoms with Gasteiger partial charge in [-0.25, -0.2) is 0 Å². The Balaban J connectivity index is 1.99. The molecule has 2 heterocycles. The van der Waals surface area contributed by atoms with Gasteiger partial charge in [-0.1, -0.05) is 35.3 Å². The van der Waals surface area contributed by atoms with Crippen molar-refractivity contribution in [3.8, 4) is 11.4 Å². The van der Waals surface area contributed by atoms with Crippen LogP contribution >= 0.6 is 34.8 Å². The second kappa shape index (κ2) is 9.06. The standard InChI is InChI=1S/C21H16Cl3F2N3O4/c1-2-32-16(31)9-15-19-27-28-20(21(24,25)26)29(19)13-7-6-10(22)8-12(13)18(33-15)11-4-3-5-14(30)17(11)23/h3-8,15,18,30H,2,9H2,1H3/t15-,18-/m1/s1. The van der Waals surface area contributed by atoms with Crippen molar-refractivity contribution in [3.63, 3.8) is 0 Å². The summed E-state index contributed by atoms with van der Waals surface area (Å²) in [5.41, 5.74) is 0.849. The first-order chi connectivity index (χ1) is 15.6. The summed E-state index contributed by atoms with van der Waals surface area (Å²) in [6.45, 7) is 1.74. The summed E-state index contributed by atoms with van der Waals surface area (Å²) in [5, 5.41) is 14.0. The van der Waals surface area contributed by atoms with Gasteiger partial charge in [0.2, 0.25) is 5.82 Å². The first-order valence-electron chi connectivity index (χ1n) is 9.72. The van der Waals surface area contributed by atoms with Crippen LogP contribution in [0.3, 0.4) is 0 Å². The minimum atomic E-state index is -3.88. The Morgan fingerprint density at radius 2 is 2.00 bits per heavy atom. The Morgan fingerprint density at radius 1 is 1.24 bits per heavy atom. The number of carbonyl (C=O) groups excluding carboxylic acids is 1. The van der Waals surface area contributed by atoms with Gasteiger partial charge >= 0.3 is 11.4 Å². The molecule has 33 heavy (non-hydrogen) atoms. The fraction of sp³-hybridized carbons (Fsp3) is 0.286. The number of rotatable bonds is 5. The third-order valence-corrected chi connectivity index (χ3v) is 5.81. The molecule has 0 saturated carbocycles. The summed E-state index contributed by atoms with van der Waals surface area (Å²) in [6, 6.07) is 9.02. The minimum absolute atomic E-state index is 0.0103. The highest BCUT2D eigenvalue weighted by molar-refractivity contribution is 6.33. The molecular weight excluding hydrogens is 503 g/mol. The summed E-state index contributed by atoms with van der Waals surface area (Å²) < 4.78 is 40.8. The lowest BCUT2D eigenvalue weighted by molar-refractivity contribution is -0.147. The van der Waals surface area contributed by atoms with E-state index in [2.05, 4.69) is 10.2 Å². The van der Waals surface area contributed by atoms with Gasteiger partial charge < -0.3 is 14.6 Å². The van der Waals surface area contributed by atoms with E-state index in [4.69, 9.17) is 44.3 Å². The maximum Gasteiger partial charge on any atom is 0.382 e. The number of alkyl halides is 3. The molecule has 3 aromatic rings. The monoisotopic (exact) mass is 517 g/mol. The number of aromatic nitrogens is 3. The molecule has 0 unspecified atom stereocenters. The maximum absolute atomic E-state index is 14.3. The molecule has 7 nitrogen and oxygen atoms in total. The summed E-state index contributed by atoms with van der Waals surface area (Å²) in [4.78, 5) is 12.3. The van der Waals surface area contributed by atoms with Crippen molar-refractivity contribution in [3.05, 3.63) is 69.2 Å². The average molecular weight is 519 g/mol. The second-order valence-electron chi connectivity index (χ2n) is 7.11. The number of phenolic OH excluding ortho intramolecular Hbond substituents is 1. The van der Waals surface area contributed by atoms with Gasteiger partial charge in [0, 0.05) is 16.1 Å². The molecule has 1 aliphatic heterocycles. The number of hydrogen-bond acceptors (Lipinski definition) is 6. The number of hydrogen-bond donors (Lipinski definition) is 1. The van der Waals surface area contributed by atoms with E-state index in [0.717, 1.165) is 4.57 Å². The molecule has 1 aromatic heterocycles. The molecule has 0 fully saturated rings. The lowest BCUT2D eigenvalue weighted by Gasteiger charge is -2.23. The van der Waals surface area contributed by atoms with Crippen molar-refractivity contribution < 1.29 is 28.2 Å². The number of phenols is 1. The number of aromatic hydroxyl groups is 1. The van der Waals surface area contributed by atoms with E-state index < -0.39 is 29.4 Å². The van der Waals surface area contributed by atoms with Gasteiger partial charge in [0.1, 0.15) is 18.0 Å². The van der Waals surface area contributed by atoms with E-state index in [1.54, 1.807) is 19.1 Å². The van der Waals surface area contributed by atoms with Gasteiger partial charge in [0.25, 0.3) is 0 Å². The lowest BCUT2D eigenvalue weighted by atomic mass is 9.99. The van der Waals surface area contributed by atoms with Crippen LogP contribution in [-0.4, -0.2) is 32.4 Å².